The van der Waals surface area contributed by atoms with Crippen LogP contribution in [0.15, 0.2) is 24.3 Å². The molecule has 0 amide bonds. The standard InChI is InChI=1S/C12H8F8O2/c13-8-3-1-7(2-4-8)5-6-22-9(21)10(14,15)11(16,17)12(18,19)20/h1-4H,5-6H2. The third-order valence-electron chi connectivity index (χ3n) is 2.54. The third-order valence-corrected chi connectivity index (χ3v) is 2.54. The van der Waals surface area contributed by atoms with Gasteiger partial charge in [0.05, 0.1) is 6.61 Å². The van der Waals surface area contributed by atoms with Gasteiger partial charge in [0.15, 0.2) is 0 Å². The summed E-state index contributed by atoms with van der Waals surface area (Å²) in [5.41, 5.74) is 0.306. The minimum absolute atomic E-state index is 0.264. The molecular formula is C12H8F8O2. The van der Waals surface area contributed by atoms with Gasteiger partial charge in [-0.2, -0.15) is 30.7 Å². The van der Waals surface area contributed by atoms with Crippen LogP contribution < -0.4 is 0 Å². The van der Waals surface area contributed by atoms with Crippen molar-refractivity contribution in [3.8, 4) is 0 Å². The Morgan fingerprint density at radius 2 is 1.45 bits per heavy atom. The van der Waals surface area contributed by atoms with Gasteiger partial charge in [-0.15, -0.1) is 0 Å². The smallest absolute Gasteiger partial charge is 0.460 e. The molecule has 22 heavy (non-hydrogen) atoms. The van der Waals surface area contributed by atoms with Crippen molar-refractivity contribution in [2.45, 2.75) is 24.4 Å². The van der Waals surface area contributed by atoms with E-state index in [1.165, 1.54) is 12.1 Å². The first kappa shape index (κ1) is 18.2. The topological polar surface area (TPSA) is 26.3 Å². The molecule has 0 atom stereocenters. The van der Waals surface area contributed by atoms with Crippen LogP contribution in [0.25, 0.3) is 0 Å². The number of rotatable bonds is 5. The van der Waals surface area contributed by atoms with E-state index >= 15 is 0 Å². The third kappa shape index (κ3) is 3.66. The summed E-state index contributed by atoms with van der Waals surface area (Å²) in [6.07, 6.45) is -6.87. The molecule has 2 nitrogen and oxygen atoms in total. The number of hydrogen-bond donors (Lipinski definition) is 0. The zero-order valence-electron chi connectivity index (χ0n) is 10.6. The van der Waals surface area contributed by atoms with E-state index in [2.05, 4.69) is 4.74 Å². The summed E-state index contributed by atoms with van der Waals surface area (Å²) in [5.74, 6) is -16.2. The van der Waals surface area contributed by atoms with Crippen molar-refractivity contribution in [1.29, 1.82) is 0 Å². The minimum Gasteiger partial charge on any atom is -0.461 e. The number of hydrogen-bond acceptors (Lipinski definition) is 2. The van der Waals surface area contributed by atoms with Crippen molar-refractivity contribution in [3.05, 3.63) is 35.6 Å². The van der Waals surface area contributed by atoms with Crippen LogP contribution in [-0.2, 0) is 16.0 Å². The van der Waals surface area contributed by atoms with E-state index in [1.54, 1.807) is 0 Å². The number of benzene rings is 1. The Bertz CT molecular complexity index is 521. The lowest BCUT2D eigenvalue weighted by Gasteiger charge is -2.26. The van der Waals surface area contributed by atoms with Crippen LogP contribution in [0.4, 0.5) is 35.1 Å². The lowest BCUT2D eigenvalue weighted by Crippen LogP contribution is -2.56. The molecule has 0 unspecified atom stereocenters. The van der Waals surface area contributed by atoms with Crippen molar-refractivity contribution in [3.63, 3.8) is 0 Å². The van der Waals surface area contributed by atoms with Gasteiger partial charge in [0, 0.05) is 6.42 Å². The van der Waals surface area contributed by atoms with E-state index in [1.807, 2.05) is 0 Å². The van der Waals surface area contributed by atoms with Gasteiger partial charge < -0.3 is 4.74 Å². The predicted molar refractivity (Wildman–Crippen MR) is 57.0 cm³/mol. The first-order valence-electron chi connectivity index (χ1n) is 5.63. The number of halogens is 8. The van der Waals surface area contributed by atoms with Crippen molar-refractivity contribution in [2.24, 2.45) is 0 Å². The maximum Gasteiger partial charge on any atom is 0.460 e. The van der Waals surface area contributed by atoms with Crippen LogP contribution in [-0.4, -0.2) is 30.6 Å². The van der Waals surface area contributed by atoms with Crippen molar-refractivity contribution >= 4 is 5.97 Å². The highest BCUT2D eigenvalue weighted by Gasteiger charge is 2.77. The fraction of sp³-hybridized carbons (Fsp3) is 0.417. The molecule has 0 saturated heterocycles. The minimum atomic E-state index is -6.60. The second-order valence-electron chi connectivity index (χ2n) is 4.16. The fourth-order valence-corrected chi connectivity index (χ4v) is 1.31. The van der Waals surface area contributed by atoms with E-state index < -0.39 is 36.4 Å². The van der Waals surface area contributed by atoms with Gasteiger partial charge in [0.25, 0.3) is 0 Å². The van der Waals surface area contributed by atoms with Crippen LogP contribution in [0, 0.1) is 5.82 Å². The second-order valence-corrected chi connectivity index (χ2v) is 4.16. The van der Waals surface area contributed by atoms with Gasteiger partial charge >= 0.3 is 24.0 Å². The first-order chi connectivity index (χ1) is 9.89. The molecule has 0 aromatic heterocycles. The second kappa shape index (κ2) is 6.09. The first-order valence-corrected chi connectivity index (χ1v) is 5.63. The van der Waals surface area contributed by atoms with E-state index in [4.69, 9.17) is 0 Å². The molecule has 0 saturated carbocycles. The van der Waals surface area contributed by atoms with E-state index in [0.717, 1.165) is 12.1 Å². The quantitative estimate of drug-likeness (QED) is 0.605. The van der Waals surface area contributed by atoms with Crippen molar-refractivity contribution in [1.82, 2.24) is 0 Å². The van der Waals surface area contributed by atoms with Crippen molar-refractivity contribution in [2.75, 3.05) is 6.61 Å². The molecule has 0 spiro atoms. The Labute approximate surface area is 118 Å². The number of esters is 1. The Hall–Kier alpha value is -1.87. The molecule has 1 aromatic rings. The summed E-state index contributed by atoms with van der Waals surface area (Å²) in [6.45, 7) is -0.867. The Balaban J connectivity index is 2.66. The van der Waals surface area contributed by atoms with Gasteiger partial charge in [0.1, 0.15) is 5.82 Å². The SMILES string of the molecule is O=C(OCCc1ccc(F)cc1)C(F)(F)C(F)(F)C(F)(F)F. The Morgan fingerprint density at radius 3 is 1.91 bits per heavy atom. The number of carbonyl (C=O) groups excluding carboxylic acids is 1. The molecule has 10 heteroatoms. The normalized spacial score (nSPS) is 13.1. The summed E-state index contributed by atoms with van der Waals surface area (Å²) >= 11 is 0. The van der Waals surface area contributed by atoms with Crippen LogP contribution in [0.2, 0.25) is 0 Å². The molecule has 0 aliphatic rings. The highest BCUT2D eigenvalue weighted by molar-refractivity contribution is 5.79. The molecule has 124 valence electrons. The average Bonchev–Trinajstić information content (AvgIpc) is 2.39. The lowest BCUT2D eigenvalue weighted by molar-refractivity contribution is -0.348. The Kier molecular flexibility index (Phi) is 5.03. The zero-order chi connectivity index (χ0) is 17.2. The number of ether oxygens (including phenoxy) is 1. The fourth-order valence-electron chi connectivity index (χ4n) is 1.31. The molecule has 0 radical (unpaired) electrons. The van der Waals surface area contributed by atoms with E-state index in [9.17, 15) is 39.9 Å². The highest BCUT2D eigenvalue weighted by Crippen LogP contribution is 2.46. The van der Waals surface area contributed by atoms with Crippen molar-refractivity contribution < 1.29 is 44.7 Å². The van der Waals surface area contributed by atoms with Crippen LogP contribution >= 0.6 is 0 Å². The molecule has 0 aliphatic heterocycles. The molecule has 1 rings (SSSR count). The number of alkyl halides is 7. The van der Waals surface area contributed by atoms with Crippen LogP contribution in [0.5, 0.6) is 0 Å². The predicted octanol–water partition coefficient (Wildman–Crippen LogP) is 3.74. The monoisotopic (exact) mass is 336 g/mol. The maximum absolute atomic E-state index is 12.9. The summed E-state index contributed by atoms with van der Waals surface area (Å²) in [5, 5.41) is 0. The number of carbonyl (C=O) groups is 1. The van der Waals surface area contributed by atoms with Gasteiger partial charge in [-0.05, 0) is 17.7 Å². The summed E-state index contributed by atoms with van der Waals surface area (Å²) in [7, 11) is 0. The molecule has 0 bridgehead atoms. The largest absolute Gasteiger partial charge is 0.461 e. The zero-order valence-corrected chi connectivity index (χ0v) is 10.6. The van der Waals surface area contributed by atoms with E-state index in [-0.39, 0.29) is 6.42 Å². The molecule has 0 aliphatic carbocycles. The van der Waals surface area contributed by atoms with Gasteiger partial charge in [-0.1, -0.05) is 12.1 Å². The molecule has 1 aromatic carbocycles. The van der Waals surface area contributed by atoms with Gasteiger partial charge in [-0.25, -0.2) is 9.18 Å². The maximum atomic E-state index is 12.9. The summed E-state index contributed by atoms with van der Waals surface area (Å²) in [4.78, 5) is 10.8. The summed E-state index contributed by atoms with van der Waals surface area (Å²) < 4.78 is 103. The molecular weight excluding hydrogens is 328 g/mol. The average molecular weight is 336 g/mol. The van der Waals surface area contributed by atoms with E-state index in [0.29, 0.717) is 5.56 Å². The summed E-state index contributed by atoms with van der Waals surface area (Å²) in [6, 6.07) is 4.41. The lowest BCUT2D eigenvalue weighted by atomic mass is 10.1. The van der Waals surface area contributed by atoms with Gasteiger partial charge in [-0.3, -0.25) is 0 Å². The van der Waals surface area contributed by atoms with Crippen LogP contribution in [0.1, 0.15) is 5.56 Å². The highest BCUT2D eigenvalue weighted by atomic mass is 19.4. The van der Waals surface area contributed by atoms with Crippen LogP contribution in [0.3, 0.4) is 0 Å². The Morgan fingerprint density at radius 1 is 0.955 bits per heavy atom. The molecule has 0 N–H and O–H groups in total. The molecule has 0 fully saturated rings. The van der Waals surface area contributed by atoms with Gasteiger partial charge in [0.2, 0.25) is 0 Å². The molecule has 0 heterocycles.